The first-order valence-electron chi connectivity index (χ1n) is 43.2. The first-order valence-corrected chi connectivity index (χ1v) is 56.4. The maximum atomic E-state index is 11.8. The minimum absolute atomic E-state index is 0.0146. The maximum Gasteiger partial charge on any atom is 0.485 e. The van der Waals surface area contributed by atoms with Gasteiger partial charge in [0.2, 0.25) is 0 Å². The van der Waals surface area contributed by atoms with Gasteiger partial charge in [0.15, 0.2) is 83.6 Å². The number of carbonyl (C=O) groups is 1. The molecule has 0 amide bonds. The van der Waals surface area contributed by atoms with Crippen LogP contribution < -0.4 is 5.26 Å². The summed E-state index contributed by atoms with van der Waals surface area (Å²) >= 11 is 0.886. The molecule has 0 saturated heterocycles. The van der Waals surface area contributed by atoms with E-state index in [1.807, 2.05) is 44.2 Å². The molecule has 2 aliphatic carbocycles. The van der Waals surface area contributed by atoms with Crippen LogP contribution >= 0.6 is 12.0 Å². The van der Waals surface area contributed by atoms with Gasteiger partial charge in [0, 0.05) is 28.7 Å². The minimum atomic E-state index is -6.09. The van der Waals surface area contributed by atoms with E-state index in [0.29, 0.717) is 19.1 Å². The lowest BCUT2D eigenvalue weighted by Gasteiger charge is -2.37. The van der Waals surface area contributed by atoms with Gasteiger partial charge in [-0.25, -0.2) is 33.7 Å². The SMILES string of the molecule is CC1(C)C2CCC1(CS(=O)(=O)[O-])C(=O)C2.CCS(=O)(=O)[O-].CS(=O)(=O)[O-].O=S(=O)([O-])C(F)(F)F.[O-]OOSc1ccccc1.c1ccc([S+](c2ccccc2)c2ccccc2)cc1.c1ccc([S+](c2ccccc2)c2ccccc2)cc1.c1ccc([S+](c2ccccc2)c2ccccc2)cc1.c1ccc([S+](c2ccccc2)c2ccccc2)cc1.c1ccc([S+](c2ccccc2)c2ccccc2)cc1. The van der Waals surface area contributed by atoms with E-state index in [2.05, 4.69) is 464 Å². The highest BCUT2D eigenvalue weighted by molar-refractivity contribution is 7.98. The Morgan fingerprint density at radius 3 is 0.576 bits per heavy atom. The fourth-order valence-corrected chi connectivity index (χ4v) is 26.5. The molecule has 16 aromatic carbocycles. The Morgan fingerprint density at radius 2 is 0.468 bits per heavy atom. The highest BCUT2D eigenvalue weighted by atomic mass is 32.2. The van der Waals surface area contributed by atoms with E-state index in [0.717, 1.165) is 23.4 Å². The third-order valence-corrected chi connectivity index (χ3v) is 34.6. The average Bonchev–Trinajstić information content (AvgIpc) is 1.55. The van der Waals surface area contributed by atoms with Gasteiger partial charge >= 0.3 is 5.51 Å². The number of alkyl halides is 3. The van der Waals surface area contributed by atoms with Crippen molar-refractivity contribution in [2.24, 2.45) is 16.7 Å². The van der Waals surface area contributed by atoms with Crippen molar-refractivity contribution in [3.05, 3.63) is 485 Å². The van der Waals surface area contributed by atoms with Crippen LogP contribution in [0.4, 0.5) is 13.2 Å². The average molecular weight is 2060 g/mol. The summed E-state index contributed by atoms with van der Waals surface area (Å²) < 4.78 is 151. The molecule has 2 saturated carbocycles. The van der Waals surface area contributed by atoms with Gasteiger partial charge in [-0.3, -0.25) is 9.83 Å². The Balaban J connectivity index is 0.000000177. The van der Waals surface area contributed by atoms with Gasteiger partial charge in [-0.1, -0.05) is 312 Å². The Bertz CT molecular complexity index is 5510. The highest BCUT2D eigenvalue weighted by Crippen LogP contribution is 2.64. The van der Waals surface area contributed by atoms with E-state index in [1.54, 1.807) is 0 Å². The van der Waals surface area contributed by atoms with Crippen molar-refractivity contribution in [3.8, 4) is 0 Å². The smallest absolute Gasteiger partial charge is 0.485 e. The molecule has 0 spiro atoms. The van der Waals surface area contributed by atoms with Crippen LogP contribution in [0, 0.1) is 16.7 Å². The van der Waals surface area contributed by atoms with Gasteiger partial charge < -0.3 is 23.5 Å². The van der Waals surface area contributed by atoms with Crippen LogP contribution in [0.1, 0.15) is 40.0 Å². The lowest BCUT2D eigenvalue weighted by Crippen LogP contribution is -2.42. The monoisotopic (exact) mass is 2060 g/mol. The summed E-state index contributed by atoms with van der Waals surface area (Å²) in [5.41, 5.74) is -6.87. The number of hydrogen-bond acceptors (Lipinski definition) is 17. The van der Waals surface area contributed by atoms with Crippen molar-refractivity contribution in [2.45, 2.75) is 124 Å². The largest absolute Gasteiger partial charge is 0.748 e. The second-order valence-corrected chi connectivity index (χ2v) is 47.4. The molecule has 139 heavy (non-hydrogen) atoms. The molecule has 2 atom stereocenters. The molecule has 0 N–H and O–H groups in total. The lowest BCUT2D eigenvalue weighted by atomic mass is 9.70. The van der Waals surface area contributed by atoms with E-state index in [9.17, 15) is 49.2 Å². The topological polar surface area (TPSA) is 287 Å². The van der Waals surface area contributed by atoms with Crippen LogP contribution in [0.15, 0.2) is 564 Å². The summed E-state index contributed by atoms with van der Waals surface area (Å²) in [6.07, 6.45) is 2.48. The number of fused-ring (bicyclic) bond motifs is 2. The van der Waals surface area contributed by atoms with E-state index in [-0.39, 0.29) is 77.3 Å². The van der Waals surface area contributed by atoms with Gasteiger partial charge in [-0.2, -0.15) is 17.5 Å². The van der Waals surface area contributed by atoms with Crippen LogP contribution in [0.2, 0.25) is 0 Å². The fourth-order valence-electron chi connectivity index (χ4n) is 14.3. The molecule has 0 aromatic heterocycles. The van der Waals surface area contributed by atoms with E-state index < -0.39 is 57.1 Å². The lowest BCUT2D eigenvalue weighted by molar-refractivity contribution is -0.777. The molecule has 18 rings (SSSR count). The number of carbonyl (C=O) groups excluding carboxylic acids is 1. The van der Waals surface area contributed by atoms with Crippen LogP contribution in [0.25, 0.3) is 0 Å². The maximum absolute atomic E-state index is 11.8. The van der Waals surface area contributed by atoms with Crippen molar-refractivity contribution in [1.82, 2.24) is 0 Å². The number of rotatable bonds is 21. The molecule has 16 aromatic rings. The van der Waals surface area contributed by atoms with Crippen molar-refractivity contribution < 1.29 is 84.5 Å². The summed E-state index contributed by atoms with van der Waals surface area (Å²) in [7, 11) is -18.3. The van der Waals surface area contributed by atoms with Crippen molar-refractivity contribution in [3.63, 3.8) is 0 Å². The third-order valence-electron chi connectivity index (χ3n) is 20.8. The normalized spacial score (nSPS) is 13.8. The van der Waals surface area contributed by atoms with E-state index in [1.165, 1.54) is 80.4 Å². The first kappa shape index (κ1) is 111. The van der Waals surface area contributed by atoms with Crippen LogP contribution in [0.3, 0.4) is 0 Å². The van der Waals surface area contributed by atoms with E-state index >= 15 is 0 Å². The van der Waals surface area contributed by atoms with Gasteiger partial charge in [0.1, 0.15) is 5.78 Å². The molecule has 16 nitrogen and oxygen atoms in total. The molecule has 2 bridgehead atoms. The molecular weight excluding hydrogens is 1950 g/mol. The fraction of sp³-hybridized carbons (Fsp3) is 0.118. The second-order valence-electron chi connectivity index (χ2n) is 30.6. The number of halogens is 3. The van der Waals surface area contributed by atoms with Crippen molar-refractivity contribution >= 4 is 113 Å². The molecule has 2 unspecified atom stereocenters. The number of hydrogen-bond donors (Lipinski definition) is 0. The molecule has 29 heteroatoms. The van der Waals surface area contributed by atoms with Crippen LogP contribution in [-0.2, 0) is 109 Å². The number of Topliss-reactive ketones (excluding diaryl/α,β-unsaturated/α-hetero) is 1. The molecule has 2 aliphatic rings. The Labute approximate surface area is 833 Å². The summed E-state index contributed by atoms with van der Waals surface area (Å²) in [6, 6.07) is 170. The first-order chi connectivity index (χ1) is 66.7. The van der Waals surface area contributed by atoms with Gasteiger partial charge in [0.25, 0.3) is 0 Å². The summed E-state index contributed by atoms with van der Waals surface area (Å²) in [4.78, 5) is 33.1. The Hall–Kier alpha value is -11.4. The van der Waals surface area contributed by atoms with Crippen molar-refractivity contribution in [1.29, 1.82) is 0 Å². The summed E-state index contributed by atoms with van der Waals surface area (Å²) in [5.74, 6) is -0.593. The van der Waals surface area contributed by atoms with Crippen LogP contribution in [-0.4, -0.2) is 80.9 Å². The molecule has 0 heterocycles. The molecule has 0 aliphatic heterocycles. The number of ketones is 1. The van der Waals surface area contributed by atoms with Gasteiger partial charge in [0.05, 0.1) is 103 Å². The minimum Gasteiger partial charge on any atom is -0.748 e. The highest BCUT2D eigenvalue weighted by Gasteiger charge is 2.64. The Kier molecular flexibility index (Phi) is 45.4. The molecule has 0 radical (unpaired) electrons. The van der Waals surface area contributed by atoms with Crippen molar-refractivity contribution in [2.75, 3.05) is 17.8 Å². The zero-order valence-electron chi connectivity index (χ0n) is 76.0. The zero-order valence-corrected chi connectivity index (χ0v) is 84.2. The standard InChI is InChI=1S/5C18H15S.C10H16O4S.C6H6O3S.C2H6O3S.CHF3O3S.CH4O3S/c5*1-4-10-16(11-5-1)19(17-12-6-2-7-13-17)18-14-8-3-9-15-18;1-9(2)7-3-4-10(9,8(11)5-7)6-15(12,13)14;7-8-9-10-6-4-2-1-3-5-6;1-2-6(3,4)5;2-1(3,4)8(5,6)7;1-5(2,3)4/h5*1-15H;7H,3-6H2,1-2H3,(H,12,13,14);1-5,7H;2H2,1H3,(H,3,4,5);(H,5,6,7);1H3,(H,2,3,4)/q5*+1;;;;;/p-5. The second kappa shape index (κ2) is 56.7. The molecule has 720 valence electrons. The number of benzene rings is 16. The predicted molar refractivity (Wildman–Crippen MR) is 547 cm³/mol. The third kappa shape index (κ3) is 37.3. The predicted octanol–water partition coefficient (Wildman–Crippen LogP) is 24.5. The summed E-state index contributed by atoms with van der Waals surface area (Å²) in [6.45, 7) is 5.14. The summed E-state index contributed by atoms with van der Waals surface area (Å²) in [5, 5.41) is 12.5. The quantitative estimate of drug-likeness (QED) is 0.0161. The van der Waals surface area contributed by atoms with Crippen LogP contribution in [0.5, 0.6) is 0 Å². The molecular formula is C110H103F3O16S10. The Morgan fingerprint density at radius 1 is 0.317 bits per heavy atom. The molecule has 2 fully saturated rings. The van der Waals surface area contributed by atoms with E-state index in [4.69, 9.17) is 25.9 Å². The van der Waals surface area contributed by atoms with Gasteiger partial charge in [-0.05, 0) is 218 Å². The van der Waals surface area contributed by atoms with Gasteiger partial charge in [-0.15, -0.1) is 0 Å². The zero-order chi connectivity index (χ0) is 100.